The molecule has 0 unspecified atom stereocenters. The first-order valence-corrected chi connectivity index (χ1v) is 36.9. The minimum absolute atomic E-state index is 0. The van der Waals surface area contributed by atoms with Crippen LogP contribution in [0.25, 0.3) is 0 Å². The van der Waals surface area contributed by atoms with E-state index < -0.39 is 0 Å². The van der Waals surface area contributed by atoms with Gasteiger partial charge in [0, 0.05) is 10.5 Å². The minimum Gasteiger partial charge on any atom is -1.00 e. The average molecular weight is 1240 g/mol. The SMILES string of the molecule is CC(C)CCC[C@@H](C)[C@H]1CC[C@H]2[C@@H]3CC=C4C[C@@H](SSCC[N+](C)(C)CCCCC[N+](C)(C)CCSS[C@H]5CC[C@@]6(C)C(=CC[C@H]7[C@@H]8CC[C@H]([C@H](C)CCCC(C)C)[C@@]8(C)CC[C@@H]76)C5)CC[C@]4(C)[C@H]3CC[C@]12C.[Br-].[Br-]. The second-order valence-electron chi connectivity index (χ2n) is 31.0. The summed E-state index contributed by atoms with van der Waals surface area (Å²) in [6.07, 6.45) is 41.9. The Morgan fingerprint density at radius 3 is 1.25 bits per heavy atom. The lowest BCUT2D eigenvalue weighted by molar-refractivity contribution is -0.890. The number of allylic oxidation sites excluding steroid dienone is 4. The fraction of sp³-hybridized carbons (Fsp3) is 0.940. The van der Waals surface area contributed by atoms with Gasteiger partial charge in [-0.2, -0.15) is 0 Å². The number of quaternary nitrogens is 2. The van der Waals surface area contributed by atoms with Crippen LogP contribution in [0.5, 0.6) is 0 Å². The molecule has 8 heteroatoms. The van der Waals surface area contributed by atoms with Crippen molar-refractivity contribution in [3.8, 4) is 0 Å². The zero-order valence-electron chi connectivity index (χ0n) is 51.4. The maximum Gasteiger partial charge on any atom is 0.0882 e. The molecule has 16 atom stereocenters. The molecule has 6 saturated carbocycles. The van der Waals surface area contributed by atoms with Gasteiger partial charge in [0.05, 0.1) is 65.9 Å². The Kier molecular flexibility index (Phi) is 24.7. The zero-order chi connectivity index (χ0) is 52.4. The third kappa shape index (κ3) is 15.4. The molecule has 6 fully saturated rings. The van der Waals surface area contributed by atoms with E-state index in [1.165, 1.54) is 207 Å². The Labute approximate surface area is 504 Å². The number of fused-ring (bicyclic) bond motifs is 10. The highest BCUT2D eigenvalue weighted by molar-refractivity contribution is 8.77. The molecule has 2 nitrogen and oxygen atoms in total. The molecule has 0 bridgehead atoms. The van der Waals surface area contributed by atoms with E-state index in [1.54, 1.807) is 0 Å². The van der Waals surface area contributed by atoms with E-state index in [2.05, 4.69) is 153 Å². The standard InChI is InChI=1S/C67H120N2S4.2BrH/c1-48(2)20-18-22-50(5)58-28-30-60-56-26-24-52-46-54(32-36-64(52,7)62(56)34-38-66(58,60)9)72-70-44-42-68(11,12)40-16-15-17-41-69(13,14)43-45-71-73-55-33-37-65(8)53(47-55)25-27-57-61-31-29-59(51(6)23-19-21-49(3)4)67(61,10)39-35-63(57)65;;/h24-25,48-51,54-63H,15-23,26-47H2,1-14H3;2*1H/q+2;;/p-2/t50-,51-,54+,55+,56+,57+,58-,59-,60+,61+,62+,63+,64+,65+,66-,67-;;/m1../s1. The van der Waals surface area contributed by atoms with Crippen LogP contribution in [-0.4, -0.2) is 85.3 Å². The molecule has 0 spiro atoms. The Morgan fingerprint density at radius 2 is 0.867 bits per heavy atom. The smallest absolute Gasteiger partial charge is 0.0882 e. The number of nitrogens with zero attached hydrogens (tertiary/aromatic N) is 2. The van der Waals surface area contributed by atoms with Crippen molar-refractivity contribution in [3.05, 3.63) is 23.3 Å². The van der Waals surface area contributed by atoms with Gasteiger partial charge in [-0.15, -0.1) is 0 Å². The van der Waals surface area contributed by atoms with Crippen LogP contribution < -0.4 is 34.0 Å². The molecule has 8 rings (SSSR count). The predicted octanol–water partition coefficient (Wildman–Crippen LogP) is 13.9. The lowest BCUT2D eigenvalue weighted by Gasteiger charge is -2.58. The van der Waals surface area contributed by atoms with Gasteiger partial charge in [-0.3, -0.25) is 0 Å². The average Bonchev–Trinajstić information content (AvgIpc) is 3.88. The fourth-order valence-corrected chi connectivity index (χ4v) is 25.6. The Morgan fingerprint density at radius 1 is 0.467 bits per heavy atom. The van der Waals surface area contributed by atoms with E-state index in [0.717, 1.165) is 81.5 Å². The number of rotatable bonds is 26. The third-order valence-corrected chi connectivity index (χ3v) is 30.3. The lowest BCUT2D eigenvalue weighted by atomic mass is 9.47. The van der Waals surface area contributed by atoms with E-state index >= 15 is 0 Å². The summed E-state index contributed by atoms with van der Waals surface area (Å²) in [4.78, 5) is 0. The maximum absolute atomic E-state index is 2.83. The van der Waals surface area contributed by atoms with Crippen LogP contribution in [0.15, 0.2) is 23.3 Å². The topological polar surface area (TPSA) is 0 Å². The molecule has 0 aromatic heterocycles. The normalized spacial score (nSPS) is 38.2. The van der Waals surface area contributed by atoms with Crippen molar-refractivity contribution < 1.29 is 42.9 Å². The van der Waals surface area contributed by atoms with Gasteiger partial charge in [-0.05, 0) is 215 Å². The zero-order valence-corrected chi connectivity index (χ0v) is 57.9. The number of hydrogen-bond acceptors (Lipinski definition) is 4. The summed E-state index contributed by atoms with van der Waals surface area (Å²) in [7, 11) is 19.0. The van der Waals surface area contributed by atoms with Crippen LogP contribution in [0, 0.1) is 92.7 Å². The van der Waals surface area contributed by atoms with Gasteiger partial charge < -0.3 is 42.9 Å². The number of hydrogen-bond donors (Lipinski definition) is 0. The predicted molar refractivity (Wildman–Crippen MR) is 331 cm³/mol. The molecule has 75 heavy (non-hydrogen) atoms. The molecular weight excluding hydrogens is 1120 g/mol. The van der Waals surface area contributed by atoms with Crippen molar-refractivity contribution in [1.29, 1.82) is 0 Å². The van der Waals surface area contributed by atoms with Crippen LogP contribution in [0.2, 0.25) is 0 Å². The minimum atomic E-state index is 0. The van der Waals surface area contributed by atoms with Crippen molar-refractivity contribution >= 4 is 43.2 Å². The summed E-state index contributed by atoms with van der Waals surface area (Å²) in [6.45, 7) is 31.2. The van der Waals surface area contributed by atoms with Crippen LogP contribution in [0.4, 0.5) is 0 Å². The Balaban J connectivity index is 0.00000457. The molecule has 8 aliphatic rings. The first kappa shape index (κ1) is 65.9. The molecule has 0 amide bonds. The molecule has 0 aromatic rings. The van der Waals surface area contributed by atoms with Gasteiger partial charge in [0.25, 0.3) is 0 Å². The highest BCUT2D eigenvalue weighted by Crippen LogP contribution is 2.70. The van der Waals surface area contributed by atoms with E-state index in [1.807, 2.05) is 11.1 Å². The van der Waals surface area contributed by atoms with Crippen LogP contribution in [0.1, 0.15) is 230 Å². The monoisotopic (exact) mass is 1240 g/mol. The largest absolute Gasteiger partial charge is 1.00 e. The van der Waals surface area contributed by atoms with E-state index in [0.29, 0.717) is 21.7 Å². The highest BCUT2D eigenvalue weighted by Gasteiger charge is 2.61. The summed E-state index contributed by atoms with van der Waals surface area (Å²) in [5.74, 6) is 13.8. The molecule has 0 saturated heterocycles. The summed E-state index contributed by atoms with van der Waals surface area (Å²) in [5.41, 5.74) is 5.94. The molecule has 0 aromatic carbocycles. The fourth-order valence-electron chi connectivity index (χ4n) is 19.8. The van der Waals surface area contributed by atoms with Gasteiger partial charge in [-0.1, -0.05) is 174 Å². The number of halogens is 2. The lowest BCUT2D eigenvalue weighted by Crippen LogP contribution is -3.00. The van der Waals surface area contributed by atoms with E-state index in [-0.39, 0.29) is 34.0 Å². The Bertz CT molecular complexity index is 1710. The molecule has 436 valence electrons. The summed E-state index contributed by atoms with van der Waals surface area (Å²) >= 11 is 0. The van der Waals surface area contributed by atoms with Crippen molar-refractivity contribution in [2.24, 2.45) is 92.7 Å². The van der Waals surface area contributed by atoms with Gasteiger partial charge in [0.2, 0.25) is 0 Å². The quantitative estimate of drug-likeness (QED) is 0.0366. The van der Waals surface area contributed by atoms with Crippen molar-refractivity contribution in [3.63, 3.8) is 0 Å². The molecule has 0 heterocycles. The highest BCUT2D eigenvalue weighted by atomic mass is 79.9. The van der Waals surface area contributed by atoms with Gasteiger partial charge >= 0.3 is 0 Å². The second kappa shape index (κ2) is 28.1. The van der Waals surface area contributed by atoms with Crippen molar-refractivity contribution in [2.45, 2.75) is 240 Å². The first-order valence-electron chi connectivity index (χ1n) is 32.2. The van der Waals surface area contributed by atoms with Gasteiger partial charge in [0.15, 0.2) is 0 Å². The third-order valence-electron chi connectivity index (χ3n) is 24.5. The van der Waals surface area contributed by atoms with Gasteiger partial charge in [-0.25, -0.2) is 0 Å². The molecular formula is C67H120Br2N2S4. The molecule has 0 radical (unpaired) electrons. The number of unbranched alkanes of at least 4 members (excludes halogenated alkanes) is 2. The van der Waals surface area contributed by atoms with Crippen LogP contribution in [0.3, 0.4) is 0 Å². The van der Waals surface area contributed by atoms with Crippen molar-refractivity contribution in [1.82, 2.24) is 0 Å². The summed E-state index contributed by atoms with van der Waals surface area (Å²) < 4.78 is 2.37. The van der Waals surface area contributed by atoms with Crippen LogP contribution >= 0.6 is 43.2 Å². The van der Waals surface area contributed by atoms with Crippen LogP contribution in [-0.2, 0) is 0 Å². The van der Waals surface area contributed by atoms with Crippen molar-refractivity contribution in [2.75, 3.05) is 65.9 Å². The second-order valence-corrected chi connectivity index (χ2v) is 36.5. The van der Waals surface area contributed by atoms with E-state index in [4.69, 9.17) is 0 Å². The molecule has 0 aliphatic heterocycles. The Hall–Kier alpha value is 1.76. The summed E-state index contributed by atoms with van der Waals surface area (Å²) in [5, 5.41) is 1.65. The first-order chi connectivity index (χ1) is 34.6. The maximum atomic E-state index is 2.83. The summed E-state index contributed by atoms with van der Waals surface area (Å²) in [6, 6.07) is 0. The van der Waals surface area contributed by atoms with E-state index in [9.17, 15) is 0 Å². The van der Waals surface area contributed by atoms with Gasteiger partial charge in [0.1, 0.15) is 0 Å². The molecule has 8 aliphatic carbocycles. The molecule has 0 N–H and O–H groups in total.